The summed E-state index contributed by atoms with van der Waals surface area (Å²) in [6, 6.07) is 0. The summed E-state index contributed by atoms with van der Waals surface area (Å²) in [5, 5.41) is 9.48. The van der Waals surface area contributed by atoms with E-state index in [9.17, 15) is 14.7 Å². The first kappa shape index (κ1) is 10.6. The monoisotopic (exact) mass is 164 g/mol. The number of carbonyl (C=O) groups is 2. The fourth-order valence-electron chi connectivity index (χ4n) is 0.203. The molecule has 0 N–H and O–H groups in total. The van der Waals surface area contributed by atoms with Gasteiger partial charge in [-0.1, -0.05) is 0 Å². The molecule has 0 bridgehead atoms. The molecule has 8 heavy (non-hydrogen) atoms. The summed E-state index contributed by atoms with van der Waals surface area (Å²) in [7, 11) is 0. The Morgan fingerprint density at radius 2 is 1.88 bits per heavy atom. The van der Waals surface area contributed by atoms with E-state index in [2.05, 4.69) is 0 Å². The molecule has 0 atom stereocenters. The van der Waals surface area contributed by atoms with Crippen molar-refractivity contribution < 1.29 is 31.8 Å². The van der Waals surface area contributed by atoms with E-state index >= 15 is 0 Å². The zero-order chi connectivity index (χ0) is 5.86. The third-order valence-electron chi connectivity index (χ3n) is 0.393. The van der Waals surface area contributed by atoms with Crippen LogP contribution < -0.4 is 5.11 Å². The molecule has 0 aliphatic carbocycles. The molecule has 0 saturated carbocycles. The minimum atomic E-state index is -1.31. The van der Waals surface area contributed by atoms with Crippen LogP contribution in [0.5, 0.6) is 0 Å². The van der Waals surface area contributed by atoms with Crippen molar-refractivity contribution in [1.82, 2.24) is 0 Å². The van der Waals surface area contributed by atoms with Crippen molar-refractivity contribution in [3.8, 4) is 0 Å². The van der Waals surface area contributed by atoms with Gasteiger partial charge in [0.15, 0.2) is 0 Å². The van der Waals surface area contributed by atoms with Crippen LogP contribution in [0.25, 0.3) is 0 Å². The second kappa shape index (κ2) is 4.81. The van der Waals surface area contributed by atoms with Gasteiger partial charge in [-0.05, 0) is 6.92 Å². The molecule has 0 fully saturated rings. The molecule has 0 amide bonds. The van der Waals surface area contributed by atoms with E-state index < -0.39 is 12.4 Å². The first-order valence-corrected chi connectivity index (χ1v) is 1.82. The molecule has 0 aliphatic heterocycles. The van der Waals surface area contributed by atoms with Crippen LogP contribution in [0.1, 0.15) is 13.3 Å². The summed E-state index contributed by atoms with van der Waals surface area (Å²) in [5.41, 5.74) is 0. The summed E-state index contributed by atoms with van der Waals surface area (Å²) < 4.78 is 0. The Hall–Kier alpha value is -0.341. The van der Waals surface area contributed by atoms with Crippen molar-refractivity contribution in [2.45, 2.75) is 13.3 Å². The first-order valence-electron chi connectivity index (χ1n) is 1.82. The Morgan fingerprint density at radius 3 is 1.88 bits per heavy atom. The Labute approximate surface area is 57.5 Å². The molecule has 0 aromatic carbocycles. The van der Waals surface area contributed by atoms with Crippen LogP contribution >= 0.6 is 0 Å². The van der Waals surface area contributed by atoms with Crippen LogP contribution in [0.15, 0.2) is 0 Å². The van der Waals surface area contributed by atoms with E-state index in [-0.39, 0.29) is 22.9 Å². The first-order chi connectivity index (χ1) is 3.13. The predicted octanol–water partition coefficient (Wildman–Crippen LogP) is -1.29. The number of aliphatic carboxylic acids is 1. The summed E-state index contributed by atoms with van der Waals surface area (Å²) in [5.74, 6) is -1.69. The van der Waals surface area contributed by atoms with Gasteiger partial charge in [-0.2, -0.15) is 0 Å². The number of carbonyl (C=O) groups excluding carboxylic acids is 2. The van der Waals surface area contributed by atoms with Gasteiger partial charge in [0.25, 0.3) is 0 Å². The van der Waals surface area contributed by atoms with Crippen LogP contribution in [0.4, 0.5) is 0 Å². The number of carboxylic acids is 1. The van der Waals surface area contributed by atoms with Gasteiger partial charge in [-0.25, -0.2) is 0 Å². The van der Waals surface area contributed by atoms with Crippen molar-refractivity contribution in [1.29, 1.82) is 0 Å². The summed E-state index contributed by atoms with van der Waals surface area (Å²) >= 11 is 0. The van der Waals surface area contributed by atoms with Gasteiger partial charge >= 0.3 is 17.1 Å². The Kier molecular flexibility index (Phi) is 6.38. The number of Topliss-reactive ketones (excluding diaryl/α,β-unsaturated/α-hetero) is 1. The second-order valence-electron chi connectivity index (χ2n) is 1.25. The topological polar surface area (TPSA) is 57.2 Å². The molecule has 50 valence electrons. The third-order valence-corrected chi connectivity index (χ3v) is 0.393. The largest absolute Gasteiger partial charge is 1.00 e. The molecule has 0 aromatic rings. The Balaban J connectivity index is 0. The van der Waals surface area contributed by atoms with Gasteiger partial charge in [0, 0.05) is 12.4 Å². The predicted molar refractivity (Wildman–Crippen MR) is 20.3 cm³/mol. The molecule has 0 rings (SSSR count). The molecule has 0 radical (unpaired) electrons. The average molecular weight is 165 g/mol. The van der Waals surface area contributed by atoms with Crippen molar-refractivity contribution >= 4 is 11.8 Å². The molecular weight excluding hydrogens is 160 g/mol. The van der Waals surface area contributed by atoms with Crippen molar-refractivity contribution in [2.75, 3.05) is 0 Å². The van der Waals surface area contributed by atoms with Crippen molar-refractivity contribution in [2.24, 2.45) is 0 Å². The van der Waals surface area contributed by atoms with Gasteiger partial charge in [0.2, 0.25) is 0 Å². The molecule has 0 spiro atoms. The minimum Gasteiger partial charge on any atom is -0.550 e. The number of rotatable bonds is 2. The SMILES string of the molecule is CC(=O)CC(=O)[O-].[Cu+]. The fraction of sp³-hybridized carbons (Fsp3) is 0.500. The van der Waals surface area contributed by atoms with Crippen LogP contribution in [0.3, 0.4) is 0 Å². The van der Waals surface area contributed by atoms with Crippen LogP contribution in [0, 0.1) is 0 Å². The van der Waals surface area contributed by atoms with E-state index in [0.717, 1.165) is 0 Å². The minimum absolute atomic E-state index is 0. The smallest absolute Gasteiger partial charge is 0.550 e. The molecule has 0 aromatic heterocycles. The normalized spacial score (nSPS) is 7.12. The van der Waals surface area contributed by atoms with Gasteiger partial charge < -0.3 is 9.90 Å². The summed E-state index contributed by atoms with van der Waals surface area (Å²) in [6.07, 6.45) is -0.472. The zero-order valence-corrected chi connectivity index (χ0v) is 5.18. The maximum Gasteiger partial charge on any atom is 1.00 e. The molecule has 4 heteroatoms. The maximum absolute atomic E-state index is 9.83. The molecule has 0 unspecified atom stereocenters. The Morgan fingerprint density at radius 1 is 1.50 bits per heavy atom. The van der Waals surface area contributed by atoms with Gasteiger partial charge in [-0.15, -0.1) is 0 Å². The summed E-state index contributed by atoms with van der Waals surface area (Å²) in [4.78, 5) is 19.3. The standard InChI is InChI=1S/C4H6O3.Cu/c1-3(5)2-4(6)7;/h2H2,1H3,(H,6,7);/q;+1/p-1. The van der Waals surface area contributed by atoms with Crippen molar-refractivity contribution in [3.05, 3.63) is 0 Å². The van der Waals surface area contributed by atoms with Crippen LogP contribution in [-0.4, -0.2) is 11.8 Å². The Bertz CT molecular complexity index is 87.5. The summed E-state index contributed by atoms with van der Waals surface area (Å²) in [6.45, 7) is 1.20. The van der Waals surface area contributed by atoms with Gasteiger partial charge in [0.05, 0.1) is 0 Å². The van der Waals surface area contributed by atoms with E-state index in [1.54, 1.807) is 0 Å². The number of carboxylic acid groups (broad SMARTS) is 1. The van der Waals surface area contributed by atoms with E-state index in [0.29, 0.717) is 0 Å². The number of hydrogen-bond acceptors (Lipinski definition) is 3. The van der Waals surface area contributed by atoms with Gasteiger partial charge in [0.1, 0.15) is 5.78 Å². The van der Waals surface area contributed by atoms with E-state index in [4.69, 9.17) is 0 Å². The maximum atomic E-state index is 9.83. The number of ketones is 1. The molecule has 3 nitrogen and oxygen atoms in total. The second-order valence-corrected chi connectivity index (χ2v) is 1.25. The van der Waals surface area contributed by atoms with Crippen LogP contribution in [0.2, 0.25) is 0 Å². The van der Waals surface area contributed by atoms with Gasteiger partial charge in [-0.3, -0.25) is 4.79 Å². The molecule has 0 heterocycles. The quantitative estimate of drug-likeness (QED) is 0.377. The number of hydrogen-bond donors (Lipinski definition) is 0. The van der Waals surface area contributed by atoms with E-state index in [1.807, 2.05) is 0 Å². The zero-order valence-electron chi connectivity index (χ0n) is 4.23. The van der Waals surface area contributed by atoms with Crippen LogP contribution in [-0.2, 0) is 26.7 Å². The molecular formula is C4H5CuO3. The third kappa shape index (κ3) is 9.18. The average Bonchev–Trinajstić information content (AvgIpc) is 1.27. The molecule has 0 saturated heterocycles. The van der Waals surface area contributed by atoms with E-state index in [1.165, 1.54) is 6.92 Å². The van der Waals surface area contributed by atoms with Crippen molar-refractivity contribution in [3.63, 3.8) is 0 Å². The fourth-order valence-corrected chi connectivity index (χ4v) is 0.203. The molecule has 0 aliphatic rings.